The molecule has 0 fully saturated rings. The Kier molecular flexibility index (Phi) is 2.53. The van der Waals surface area contributed by atoms with Crippen molar-refractivity contribution in [2.24, 2.45) is 0 Å². The zero-order valence-electron chi connectivity index (χ0n) is 9.59. The van der Waals surface area contributed by atoms with Crippen LogP contribution in [0.25, 0.3) is 10.8 Å². The Bertz CT molecular complexity index is 661. The first-order valence-corrected chi connectivity index (χ1v) is 5.55. The van der Waals surface area contributed by atoms with Crippen LogP contribution in [0.4, 0.5) is 11.4 Å². The quantitative estimate of drug-likeness (QED) is 0.604. The van der Waals surface area contributed by atoms with E-state index < -0.39 is 0 Å². The van der Waals surface area contributed by atoms with E-state index in [2.05, 4.69) is 25.5 Å². The Hall–Kier alpha value is -2.63. The fraction of sp³-hybridized carbons (Fsp3) is 0.0833. The molecule has 0 spiro atoms. The Morgan fingerprint density at radius 1 is 1.28 bits per heavy atom. The molecule has 0 bridgehead atoms. The van der Waals surface area contributed by atoms with E-state index in [0.717, 1.165) is 28.0 Å². The van der Waals surface area contributed by atoms with Crippen molar-refractivity contribution < 1.29 is 0 Å². The Labute approximate surface area is 103 Å². The molecule has 2 heterocycles. The number of nitrogen functional groups attached to an aromatic ring is 1. The largest absolute Gasteiger partial charge is 0.397 e. The zero-order valence-corrected chi connectivity index (χ0v) is 9.59. The van der Waals surface area contributed by atoms with E-state index in [-0.39, 0.29) is 0 Å². The lowest BCUT2D eigenvalue weighted by Crippen LogP contribution is -2.04. The second-order valence-electron chi connectivity index (χ2n) is 3.91. The monoisotopic (exact) mass is 240 g/mol. The summed E-state index contributed by atoms with van der Waals surface area (Å²) < 4.78 is 0. The SMILES string of the molecule is Nc1c(NCc2ncn[nH]2)ccc2cnccc12. The van der Waals surface area contributed by atoms with Gasteiger partial charge in [-0.1, -0.05) is 6.07 Å². The lowest BCUT2D eigenvalue weighted by molar-refractivity contribution is 0.955. The number of hydrogen-bond acceptors (Lipinski definition) is 5. The molecule has 2 aromatic heterocycles. The predicted molar refractivity (Wildman–Crippen MR) is 69.9 cm³/mol. The number of hydrogen-bond donors (Lipinski definition) is 3. The van der Waals surface area contributed by atoms with Crippen molar-refractivity contribution in [3.05, 3.63) is 42.7 Å². The van der Waals surface area contributed by atoms with E-state index in [1.54, 1.807) is 12.4 Å². The minimum Gasteiger partial charge on any atom is -0.397 e. The van der Waals surface area contributed by atoms with E-state index >= 15 is 0 Å². The Morgan fingerprint density at radius 2 is 2.22 bits per heavy atom. The minimum atomic E-state index is 0.556. The first kappa shape index (κ1) is 10.5. The van der Waals surface area contributed by atoms with E-state index in [9.17, 15) is 0 Å². The van der Waals surface area contributed by atoms with E-state index in [4.69, 9.17) is 5.73 Å². The van der Waals surface area contributed by atoms with E-state index in [1.165, 1.54) is 6.33 Å². The van der Waals surface area contributed by atoms with Crippen LogP contribution >= 0.6 is 0 Å². The van der Waals surface area contributed by atoms with Gasteiger partial charge in [0.2, 0.25) is 0 Å². The molecule has 0 unspecified atom stereocenters. The minimum absolute atomic E-state index is 0.556. The van der Waals surface area contributed by atoms with E-state index in [1.807, 2.05) is 18.2 Å². The molecule has 18 heavy (non-hydrogen) atoms. The summed E-state index contributed by atoms with van der Waals surface area (Å²) in [6, 6.07) is 5.83. The third-order valence-corrected chi connectivity index (χ3v) is 2.77. The fourth-order valence-electron chi connectivity index (χ4n) is 1.84. The lowest BCUT2D eigenvalue weighted by Gasteiger charge is -2.10. The molecule has 0 atom stereocenters. The number of fused-ring (bicyclic) bond motifs is 1. The average molecular weight is 240 g/mol. The Balaban J connectivity index is 1.90. The van der Waals surface area contributed by atoms with Crippen LogP contribution in [0.3, 0.4) is 0 Å². The van der Waals surface area contributed by atoms with Crippen LogP contribution in [0.2, 0.25) is 0 Å². The van der Waals surface area contributed by atoms with Crippen LogP contribution in [0.15, 0.2) is 36.9 Å². The van der Waals surface area contributed by atoms with Gasteiger partial charge in [-0.25, -0.2) is 4.98 Å². The first-order chi connectivity index (χ1) is 8.84. The molecule has 0 amide bonds. The summed E-state index contributed by atoms with van der Waals surface area (Å²) in [7, 11) is 0. The molecule has 0 aliphatic rings. The molecule has 6 nitrogen and oxygen atoms in total. The summed E-state index contributed by atoms with van der Waals surface area (Å²) in [6.07, 6.45) is 5.01. The number of aromatic nitrogens is 4. The first-order valence-electron chi connectivity index (χ1n) is 5.55. The summed E-state index contributed by atoms with van der Waals surface area (Å²) in [5.74, 6) is 0.768. The second kappa shape index (κ2) is 4.33. The number of nitrogens with one attached hydrogen (secondary N) is 2. The topological polar surface area (TPSA) is 92.5 Å². The molecule has 6 heteroatoms. The van der Waals surface area contributed by atoms with Gasteiger partial charge in [0, 0.05) is 23.2 Å². The number of pyridine rings is 1. The van der Waals surface area contributed by atoms with Gasteiger partial charge < -0.3 is 11.1 Å². The molecule has 3 aromatic rings. The summed E-state index contributed by atoms with van der Waals surface area (Å²) in [4.78, 5) is 8.11. The second-order valence-corrected chi connectivity index (χ2v) is 3.91. The fourth-order valence-corrected chi connectivity index (χ4v) is 1.84. The highest BCUT2D eigenvalue weighted by atomic mass is 15.2. The van der Waals surface area contributed by atoms with Gasteiger partial charge in [0.15, 0.2) is 0 Å². The molecule has 3 rings (SSSR count). The van der Waals surface area contributed by atoms with E-state index in [0.29, 0.717) is 6.54 Å². The third-order valence-electron chi connectivity index (χ3n) is 2.77. The number of H-pyrrole nitrogens is 1. The highest BCUT2D eigenvalue weighted by Crippen LogP contribution is 2.28. The zero-order chi connectivity index (χ0) is 12.4. The van der Waals surface area contributed by atoms with Crippen LogP contribution in [-0.4, -0.2) is 20.2 Å². The summed E-state index contributed by atoms with van der Waals surface area (Å²) in [5, 5.41) is 11.8. The van der Waals surface area contributed by atoms with Crippen LogP contribution in [0, 0.1) is 0 Å². The van der Waals surface area contributed by atoms with Crippen molar-refractivity contribution >= 4 is 22.1 Å². The number of nitrogens with zero attached hydrogens (tertiary/aromatic N) is 3. The predicted octanol–water partition coefficient (Wildman–Crippen LogP) is 1.55. The maximum absolute atomic E-state index is 6.12. The molecule has 0 aliphatic carbocycles. The van der Waals surface area contributed by atoms with Gasteiger partial charge in [-0.2, -0.15) is 5.10 Å². The maximum Gasteiger partial charge on any atom is 0.143 e. The summed E-state index contributed by atoms with van der Waals surface area (Å²) in [5.41, 5.74) is 7.72. The Morgan fingerprint density at radius 3 is 3.06 bits per heavy atom. The highest BCUT2D eigenvalue weighted by molar-refractivity contribution is 5.98. The van der Waals surface area contributed by atoms with Gasteiger partial charge in [-0.3, -0.25) is 10.1 Å². The summed E-state index contributed by atoms with van der Waals surface area (Å²) in [6.45, 7) is 0.556. The molecular formula is C12H12N6. The molecule has 0 aliphatic heterocycles. The van der Waals surface area contributed by atoms with Gasteiger partial charge in [-0.15, -0.1) is 0 Å². The molecule has 0 radical (unpaired) electrons. The van der Waals surface area contributed by atoms with Gasteiger partial charge in [0.25, 0.3) is 0 Å². The van der Waals surface area contributed by atoms with Crippen molar-refractivity contribution in [3.63, 3.8) is 0 Å². The van der Waals surface area contributed by atoms with Gasteiger partial charge in [0.1, 0.15) is 12.2 Å². The maximum atomic E-state index is 6.12. The molecule has 0 saturated carbocycles. The number of nitrogens with two attached hydrogens (primary N) is 1. The van der Waals surface area contributed by atoms with Crippen LogP contribution in [-0.2, 0) is 6.54 Å². The molecule has 0 saturated heterocycles. The lowest BCUT2D eigenvalue weighted by atomic mass is 10.1. The van der Waals surface area contributed by atoms with Gasteiger partial charge in [0.05, 0.1) is 17.9 Å². The standard InChI is InChI=1S/C12H12N6/c13-12-9-3-4-14-5-8(9)1-2-10(12)15-6-11-16-7-17-18-11/h1-5,7,15H,6,13H2,(H,16,17,18). The van der Waals surface area contributed by atoms with Crippen LogP contribution in [0.1, 0.15) is 5.82 Å². The van der Waals surface area contributed by atoms with Crippen molar-refractivity contribution in [3.8, 4) is 0 Å². The van der Waals surface area contributed by atoms with Crippen LogP contribution < -0.4 is 11.1 Å². The van der Waals surface area contributed by atoms with Crippen LogP contribution in [0.5, 0.6) is 0 Å². The van der Waals surface area contributed by atoms with Crippen molar-refractivity contribution in [2.45, 2.75) is 6.54 Å². The van der Waals surface area contributed by atoms with Gasteiger partial charge in [-0.05, 0) is 12.1 Å². The number of rotatable bonds is 3. The average Bonchev–Trinajstić information content (AvgIpc) is 2.91. The third kappa shape index (κ3) is 1.84. The molecule has 4 N–H and O–H groups in total. The normalized spacial score (nSPS) is 10.7. The van der Waals surface area contributed by atoms with Crippen molar-refractivity contribution in [1.29, 1.82) is 0 Å². The van der Waals surface area contributed by atoms with Gasteiger partial charge >= 0.3 is 0 Å². The number of anilines is 2. The molecular weight excluding hydrogens is 228 g/mol. The molecule has 1 aromatic carbocycles. The van der Waals surface area contributed by atoms with Crippen molar-refractivity contribution in [1.82, 2.24) is 20.2 Å². The highest BCUT2D eigenvalue weighted by Gasteiger charge is 2.04. The number of aromatic amines is 1. The molecule has 90 valence electrons. The smallest absolute Gasteiger partial charge is 0.143 e. The summed E-state index contributed by atoms with van der Waals surface area (Å²) >= 11 is 0. The van der Waals surface area contributed by atoms with Crippen molar-refractivity contribution in [2.75, 3.05) is 11.1 Å². The number of benzene rings is 1.